The average Bonchev–Trinajstić information content (AvgIpc) is 2.99. The first-order valence-electron chi connectivity index (χ1n) is 5.56. The van der Waals surface area contributed by atoms with Crippen LogP contribution in [0.25, 0.3) is 0 Å². The minimum Gasteiger partial charge on any atom is -0.303 e. The zero-order chi connectivity index (χ0) is 9.10. The minimum absolute atomic E-state index is 0.358. The van der Waals surface area contributed by atoms with Crippen molar-refractivity contribution >= 4 is 6.29 Å². The van der Waals surface area contributed by atoms with Crippen molar-refractivity contribution < 1.29 is 4.79 Å². The summed E-state index contributed by atoms with van der Waals surface area (Å²) in [6.45, 7) is 3.57. The molecule has 0 bridgehead atoms. The molecule has 0 unspecified atom stereocenters. The van der Waals surface area contributed by atoms with Crippen LogP contribution in [-0.4, -0.2) is 30.8 Å². The van der Waals surface area contributed by atoms with E-state index < -0.39 is 0 Å². The highest BCUT2D eigenvalue weighted by molar-refractivity contribution is 5.53. The maximum atomic E-state index is 10.5. The lowest BCUT2D eigenvalue weighted by Crippen LogP contribution is -2.34. The smallest absolute Gasteiger partial charge is 0.123 e. The van der Waals surface area contributed by atoms with Crippen LogP contribution in [-0.2, 0) is 4.79 Å². The Morgan fingerprint density at radius 1 is 1.15 bits per heavy atom. The van der Waals surface area contributed by atoms with Crippen molar-refractivity contribution in [1.29, 1.82) is 0 Å². The molecule has 2 nitrogen and oxygen atoms in total. The number of hydrogen-bond acceptors (Lipinski definition) is 2. The summed E-state index contributed by atoms with van der Waals surface area (Å²) in [5.74, 6) is 1.40. The van der Waals surface area contributed by atoms with Gasteiger partial charge < -0.3 is 9.69 Å². The van der Waals surface area contributed by atoms with E-state index in [9.17, 15) is 4.79 Å². The van der Waals surface area contributed by atoms with Gasteiger partial charge in [0.25, 0.3) is 0 Å². The van der Waals surface area contributed by atoms with Gasteiger partial charge in [0.05, 0.1) is 0 Å². The Kier molecular flexibility index (Phi) is 2.99. The van der Waals surface area contributed by atoms with Crippen molar-refractivity contribution in [3.8, 4) is 0 Å². The molecule has 2 rings (SSSR count). The summed E-state index contributed by atoms with van der Waals surface area (Å²) in [5.41, 5.74) is 0. The third-order valence-electron chi connectivity index (χ3n) is 3.38. The van der Waals surface area contributed by atoms with Gasteiger partial charge in [-0.1, -0.05) is 12.8 Å². The van der Waals surface area contributed by atoms with Crippen molar-refractivity contribution in [2.24, 2.45) is 11.8 Å². The molecule has 0 aromatic heterocycles. The van der Waals surface area contributed by atoms with E-state index in [0.717, 1.165) is 38.1 Å². The Morgan fingerprint density at radius 3 is 2.38 bits per heavy atom. The van der Waals surface area contributed by atoms with E-state index in [-0.39, 0.29) is 0 Å². The molecule has 0 aromatic carbocycles. The van der Waals surface area contributed by atoms with Gasteiger partial charge in [-0.05, 0) is 44.8 Å². The fourth-order valence-corrected chi connectivity index (χ4v) is 2.08. The van der Waals surface area contributed by atoms with Gasteiger partial charge in [0.1, 0.15) is 6.29 Å². The van der Waals surface area contributed by atoms with E-state index in [1.54, 1.807) is 0 Å². The van der Waals surface area contributed by atoms with Gasteiger partial charge in [0.15, 0.2) is 0 Å². The summed E-state index contributed by atoms with van der Waals surface area (Å²) in [6.07, 6.45) is 7.64. The van der Waals surface area contributed by atoms with E-state index in [2.05, 4.69) is 4.90 Å². The molecule has 1 heterocycles. The number of nitrogens with zero attached hydrogens (tertiary/aromatic N) is 1. The fraction of sp³-hybridized carbons (Fsp3) is 0.909. The molecule has 1 aliphatic heterocycles. The molecule has 1 saturated heterocycles. The number of piperidine rings is 1. The van der Waals surface area contributed by atoms with Crippen molar-refractivity contribution in [1.82, 2.24) is 4.90 Å². The number of hydrogen-bond donors (Lipinski definition) is 0. The normalized spacial score (nSPS) is 26.2. The topological polar surface area (TPSA) is 20.3 Å². The van der Waals surface area contributed by atoms with Crippen molar-refractivity contribution in [3.05, 3.63) is 0 Å². The second-order valence-electron chi connectivity index (χ2n) is 4.55. The first-order valence-corrected chi connectivity index (χ1v) is 5.56. The van der Waals surface area contributed by atoms with Gasteiger partial charge >= 0.3 is 0 Å². The SMILES string of the molecule is O=CC1CCN(CCC2CC2)CC1. The van der Waals surface area contributed by atoms with Crippen molar-refractivity contribution in [2.45, 2.75) is 32.1 Å². The third kappa shape index (κ3) is 2.80. The van der Waals surface area contributed by atoms with Gasteiger partial charge in [-0.3, -0.25) is 0 Å². The van der Waals surface area contributed by atoms with Crippen molar-refractivity contribution in [3.63, 3.8) is 0 Å². The summed E-state index contributed by atoms with van der Waals surface area (Å²) in [5, 5.41) is 0. The molecule has 0 spiro atoms. The third-order valence-corrected chi connectivity index (χ3v) is 3.38. The Morgan fingerprint density at radius 2 is 1.85 bits per heavy atom. The molecule has 2 fully saturated rings. The molecule has 74 valence electrons. The standard InChI is InChI=1S/C11H19NO/c13-9-11-4-7-12(8-5-11)6-3-10-1-2-10/h9-11H,1-8H2. The summed E-state index contributed by atoms with van der Waals surface area (Å²) in [6, 6.07) is 0. The molecule has 0 atom stereocenters. The highest BCUT2D eigenvalue weighted by Gasteiger charge is 2.23. The summed E-state index contributed by atoms with van der Waals surface area (Å²) >= 11 is 0. The maximum absolute atomic E-state index is 10.5. The molecule has 2 aliphatic rings. The van der Waals surface area contributed by atoms with Crippen LogP contribution >= 0.6 is 0 Å². The maximum Gasteiger partial charge on any atom is 0.123 e. The minimum atomic E-state index is 0.358. The van der Waals surface area contributed by atoms with Crippen LogP contribution in [0, 0.1) is 11.8 Å². The van der Waals surface area contributed by atoms with Gasteiger partial charge in [-0.15, -0.1) is 0 Å². The lowest BCUT2D eigenvalue weighted by Gasteiger charge is -2.29. The predicted octanol–water partition coefficient (Wildman–Crippen LogP) is 1.70. The molecule has 1 aliphatic carbocycles. The molecule has 0 N–H and O–H groups in total. The Hall–Kier alpha value is -0.370. The van der Waals surface area contributed by atoms with Crippen LogP contribution in [0.15, 0.2) is 0 Å². The summed E-state index contributed by atoms with van der Waals surface area (Å²) in [4.78, 5) is 13.1. The molecule has 1 saturated carbocycles. The quantitative estimate of drug-likeness (QED) is 0.615. The zero-order valence-electron chi connectivity index (χ0n) is 8.24. The number of carbonyl (C=O) groups excluding carboxylic acids is 1. The Balaban J connectivity index is 1.62. The molecule has 2 heteroatoms. The number of rotatable bonds is 4. The Labute approximate surface area is 80.3 Å². The molecule has 13 heavy (non-hydrogen) atoms. The second-order valence-corrected chi connectivity index (χ2v) is 4.55. The summed E-state index contributed by atoms with van der Waals surface area (Å²) in [7, 11) is 0. The lowest BCUT2D eigenvalue weighted by atomic mass is 9.98. The lowest BCUT2D eigenvalue weighted by molar-refractivity contribution is -0.112. The molecular formula is C11H19NO. The zero-order valence-corrected chi connectivity index (χ0v) is 8.24. The van der Waals surface area contributed by atoms with Crippen LogP contribution in [0.1, 0.15) is 32.1 Å². The highest BCUT2D eigenvalue weighted by Crippen LogP contribution is 2.32. The first-order chi connectivity index (χ1) is 6.38. The molecule has 0 aromatic rings. The van der Waals surface area contributed by atoms with E-state index >= 15 is 0 Å². The summed E-state index contributed by atoms with van der Waals surface area (Å²) < 4.78 is 0. The Bertz CT molecular complexity index is 169. The molecule has 0 amide bonds. The van der Waals surface area contributed by atoms with E-state index in [1.807, 2.05) is 0 Å². The highest BCUT2D eigenvalue weighted by atomic mass is 16.1. The van der Waals surface area contributed by atoms with Crippen LogP contribution in [0.3, 0.4) is 0 Å². The van der Waals surface area contributed by atoms with Crippen LogP contribution in [0.4, 0.5) is 0 Å². The first kappa shape index (κ1) is 9.20. The number of aldehydes is 1. The van der Waals surface area contributed by atoms with E-state index in [1.165, 1.54) is 25.8 Å². The van der Waals surface area contributed by atoms with Crippen LogP contribution < -0.4 is 0 Å². The number of carbonyl (C=O) groups is 1. The fourth-order valence-electron chi connectivity index (χ4n) is 2.08. The largest absolute Gasteiger partial charge is 0.303 e. The monoisotopic (exact) mass is 181 g/mol. The van der Waals surface area contributed by atoms with Crippen LogP contribution in [0.5, 0.6) is 0 Å². The van der Waals surface area contributed by atoms with Crippen molar-refractivity contribution in [2.75, 3.05) is 19.6 Å². The molecular weight excluding hydrogens is 162 g/mol. The number of likely N-dealkylation sites (tertiary alicyclic amines) is 1. The van der Waals surface area contributed by atoms with E-state index in [4.69, 9.17) is 0 Å². The van der Waals surface area contributed by atoms with Gasteiger partial charge in [0, 0.05) is 5.92 Å². The average molecular weight is 181 g/mol. The van der Waals surface area contributed by atoms with Gasteiger partial charge in [-0.2, -0.15) is 0 Å². The van der Waals surface area contributed by atoms with E-state index in [0.29, 0.717) is 5.92 Å². The predicted molar refractivity (Wildman–Crippen MR) is 52.6 cm³/mol. The van der Waals surface area contributed by atoms with Gasteiger partial charge in [-0.25, -0.2) is 0 Å². The second kappa shape index (κ2) is 4.23. The van der Waals surface area contributed by atoms with Gasteiger partial charge in [0.2, 0.25) is 0 Å². The molecule has 0 radical (unpaired) electrons. The van der Waals surface area contributed by atoms with Crippen LogP contribution in [0.2, 0.25) is 0 Å².